The number of carbonyl (C=O) groups excluding carboxylic acids is 2. The Morgan fingerprint density at radius 1 is 0.846 bits per heavy atom. The summed E-state index contributed by atoms with van der Waals surface area (Å²) in [6.45, 7) is 6.67. The van der Waals surface area contributed by atoms with Crippen LogP contribution in [0.2, 0.25) is 0 Å². The van der Waals surface area contributed by atoms with Gasteiger partial charge in [-0.2, -0.15) is 0 Å². The van der Waals surface area contributed by atoms with Gasteiger partial charge < -0.3 is 9.47 Å². The Bertz CT molecular complexity index is 157. The summed E-state index contributed by atoms with van der Waals surface area (Å²) in [5.41, 5.74) is 0. The van der Waals surface area contributed by atoms with E-state index in [1.54, 1.807) is 27.7 Å². The summed E-state index contributed by atoms with van der Waals surface area (Å²) in [6.07, 6.45) is -0.588. The predicted octanol–water partition coefficient (Wildman–Crippen LogP) is 0.887. The summed E-state index contributed by atoms with van der Waals surface area (Å²) in [6, 6.07) is 0. The molecule has 0 aliphatic rings. The van der Waals surface area contributed by atoms with Crippen LogP contribution >= 0.6 is 0 Å². The minimum atomic E-state index is -0.932. The van der Waals surface area contributed by atoms with Crippen LogP contribution in [-0.2, 0) is 40.8 Å². The van der Waals surface area contributed by atoms with E-state index in [4.69, 9.17) is 0 Å². The number of hydrogen-bond donors (Lipinski definition) is 0. The molecule has 0 N–H and O–H groups in total. The van der Waals surface area contributed by atoms with Crippen molar-refractivity contribution in [3.63, 3.8) is 0 Å². The van der Waals surface area contributed by atoms with Crippen molar-refractivity contribution < 1.29 is 40.8 Å². The first-order valence-corrected chi connectivity index (χ1v) is 3.85. The molecule has 0 aliphatic heterocycles. The third-order valence-corrected chi connectivity index (χ3v) is 0.852. The summed E-state index contributed by atoms with van der Waals surface area (Å²) in [4.78, 5) is 21.6. The molecule has 0 atom stereocenters. The molecule has 0 aromatic rings. The summed E-state index contributed by atoms with van der Waals surface area (Å²) >= 11 is 0. The molecule has 0 aliphatic carbocycles. The van der Waals surface area contributed by atoms with E-state index in [-0.39, 0.29) is 33.9 Å². The van der Waals surface area contributed by atoms with Gasteiger partial charge in [0.1, 0.15) is 0 Å². The van der Waals surface area contributed by atoms with Crippen LogP contribution in [0.4, 0.5) is 0 Å². The van der Waals surface area contributed by atoms with Gasteiger partial charge in [-0.05, 0) is 27.7 Å². The second-order valence-electron chi connectivity index (χ2n) is 2.91. The zero-order chi connectivity index (χ0) is 9.72. The number of carbonyl (C=O) groups is 2. The van der Waals surface area contributed by atoms with Crippen molar-refractivity contribution in [3.8, 4) is 0 Å². The Hall–Kier alpha value is -0.346. The van der Waals surface area contributed by atoms with E-state index in [1.807, 2.05) is 0 Å². The Kier molecular flexibility index (Phi) is 8.26. The van der Waals surface area contributed by atoms with Gasteiger partial charge in [-0.15, -0.1) is 0 Å². The number of rotatable bonds is 2. The maximum atomic E-state index is 10.8. The molecule has 0 rings (SSSR count). The standard InChI is InChI=1S/C8H14O4.Ti/c1-5(2)11-7(9)8(10)12-6(3)4;/h5-6H,1-4H3;. The molecule has 0 spiro atoms. The topological polar surface area (TPSA) is 52.6 Å². The second kappa shape index (κ2) is 7.10. The van der Waals surface area contributed by atoms with Crippen LogP contribution in [0.1, 0.15) is 27.7 Å². The molecule has 0 aromatic carbocycles. The first-order chi connectivity index (χ1) is 5.43. The van der Waals surface area contributed by atoms with Crippen molar-refractivity contribution in [2.24, 2.45) is 0 Å². The Labute approximate surface area is 92.9 Å². The summed E-state index contributed by atoms with van der Waals surface area (Å²) in [5.74, 6) is -1.86. The number of esters is 2. The molecule has 0 bridgehead atoms. The predicted molar refractivity (Wildman–Crippen MR) is 42.5 cm³/mol. The Morgan fingerprint density at radius 3 is 1.23 bits per heavy atom. The van der Waals surface area contributed by atoms with E-state index in [2.05, 4.69) is 9.47 Å². The van der Waals surface area contributed by atoms with Gasteiger partial charge in [-0.3, -0.25) is 0 Å². The van der Waals surface area contributed by atoms with E-state index in [9.17, 15) is 9.59 Å². The maximum absolute atomic E-state index is 10.8. The molecule has 0 saturated heterocycles. The van der Waals surface area contributed by atoms with E-state index < -0.39 is 11.9 Å². The van der Waals surface area contributed by atoms with Gasteiger partial charge in [0.2, 0.25) is 0 Å². The first-order valence-electron chi connectivity index (χ1n) is 3.85. The molecule has 13 heavy (non-hydrogen) atoms. The van der Waals surface area contributed by atoms with Crippen LogP contribution in [0.5, 0.6) is 0 Å². The van der Waals surface area contributed by atoms with Crippen molar-refractivity contribution in [2.45, 2.75) is 39.9 Å². The van der Waals surface area contributed by atoms with E-state index in [1.165, 1.54) is 0 Å². The third kappa shape index (κ3) is 8.00. The molecule has 4 nitrogen and oxygen atoms in total. The Morgan fingerprint density at radius 2 is 1.08 bits per heavy atom. The summed E-state index contributed by atoms with van der Waals surface area (Å²) in [7, 11) is 0. The average molecular weight is 222 g/mol. The van der Waals surface area contributed by atoms with Crippen LogP contribution in [0.15, 0.2) is 0 Å². The van der Waals surface area contributed by atoms with Crippen molar-refractivity contribution in [3.05, 3.63) is 0 Å². The molecule has 0 amide bonds. The summed E-state index contributed by atoms with van der Waals surface area (Å²) < 4.78 is 9.20. The van der Waals surface area contributed by atoms with Gasteiger partial charge in [0.05, 0.1) is 12.2 Å². The van der Waals surface area contributed by atoms with Crippen molar-refractivity contribution in [1.29, 1.82) is 0 Å². The molecule has 74 valence electrons. The quantitative estimate of drug-likeness (QED) is 0.395. The van der Waals surface area contributed by atoms with Gasteiger partial charge in [-0.25, -0.2) is 9.59 Å². The molecule has 5 heteroatoms. The van der Waals surface area contributed by atoms with E-state index in [0.29, 0.717) is 0 Å². The minimum absolute atomic E-state index is 0. The Balaban J connectivity index is 0. The van der Waals surface area contributed by atoms with Gasteiger partial charge in [0.25, 0.3) is 0 Å². The maximum Gasteiger partial charge on any atom is 0.417 e. The van der Waals surface area contributed by atoms with Crippen LogP contribution in [-0.4, -0.2) is 24.1 Å². The van der Waals surface area contributed by atoms with Crippen molar-refractivity contribution in [2.75, 3.05) is 0 Å². The summed E-state index contributed by atoms with van der Waals surface area (Å²) in [5, 5.41) is 0. The number of hydrogen-bond acceptors (Lipinski definition) is 4. The molecule has 0 unspecified atom stereocenters. The SMILES string of the molecule is CC(C)OC(=O)C(=O)OC(C)C.[Ti]. The van der Waals surface area contributed by atoms with Crippen molar-refractivity contribution in [1.82, 2.24) is 0 Å². The molecule has 0 heterocycles. The van der Waals surface area contributed by atoms with Crippen LogP contribution < -0.4 is 0 Å². The zero-order valence-electron chi connectivity index (χ0n) is 8.29. The fourth-order valence-corrected chi connectivity index (χ4v) is 0.524. The van der Waals surface area contributed by atoms with Gasteiger partial charge >= 0.3 is 11.9 Å². The van der Waals surface area contributed by atoms with Crippen LogP contribution in [0.3, 0.4) is 0 Å². The van der Waals surface area contributed by atoms with Crippen LogP contribution in [0.25, 0.3) is 0 Å². The first kappa shape index (κ1) is 15.1. The van der Waals surface area contributed by atoms with E-state index >= 15 is 0 Å². The van der Waals surface area contributed by atoms with Gasteiger partial charge in [-0.1, -0.05) is 0 Å². The molecule has 0 radical (unpaired) electrons. The molecular weight excluding hydrogens is 208 g/mol. The molecule has 0 saturated carbocycles. The fourth-order valence-electron chi connectivity index (χ4n) is 0.524. The smallest absolute Gasteiger partial charge is 0.417 e. The van der Waals surface area contributed by atoms with Gasteiger partial charge in [0, 0.05) is 21.7 Å². The molecular formula is C8H14O4Ti. The molecule has 0 fully saturated rings. The average Bonchev–Trinajstić information content (AvgIpc) is 1.84. The largest absolute Gasteiger partial charge is 0.455 e. The van der Waals surface area contributed by atoms with Crippen molar-refractivity contribution >= 4 is 11.9 Å². The third-order valence-electron chi connectivity index (χ3n) is 0.852. The molecule has 0 aromatic heterocycles. The number of ether oxygens (including phenoxy) is 2. The van der Waals surface area contributed by atoms with Crippen LogP contribution in [0, 0.1) is 0 Å². The minimum Gasteiger partial charge on any atom is -0.455 e. The van der Waals surface area contributed by atoms with Gasteiger partial charge in [0.15, 0.2) is 0 Å². The monoisotopic (exact) mass is 222 g/mol. The fraction of sp³-hybridized carbons (Fsp3) is 0.750. The normalized spacial score (nSPS) is 9.38. The second-order valence-corrected chi connectivity index (χ2v) is 2.91. The zero-order valence-corrected chi connectivity index (χ0v) is 9.85. The van der Waals surface area contributed by atoms with E-state index in [0.717, 1.165) is 0 Å².